The summed E-state index contributed by atoms with van der Waals surface area (Å²) in [6.45, 7) is 4.63. The van der Waals surface area contributed by atoms with Gasteiger partial charge in [0, 0.05) is 38.4 Å². The molecule has 0 radical (unpaired) electrons. The van der Waals surface area contributed by atoms with E-state index in [1.54, 1.807) is 0 Å². The fraction of sp³-hybridized carbons (Fsp3) is 0.0612. The van der Waals surface area contributed by atoms with Gasteiger partial charge in [0.1, 0.15) is 0 Å². The second-order valence-electron chi connectivity index (χ2n) is 14.4. The molecule has 0 N–H and O–H groups in total. The van der Waals surface area contributed by atoms with Crippen molar-refractivity contribution in [1.29, 1.82) is 0 Å². The average Bonchev–Trinajstić information content (AvgIpc) is 3.69. The van der Waals surface area contributed by atoms with E-state index in [-0.39, 0.29) is 11.2 Å². The Morgan fingerprint density at radius 2 is 1.07 bits per heavy atom. The molecule has 0 spiro atoms. The van der Waals surface area contributed by atoms with E-state index < -0.39 is 0 Å². The van der Waals surface area contributed by atoms with Gasteiger partial charge in [-0.1, -0.05) is 159 Å². The Morgan fingerprint density at radius 3 is 1.70 bits per heavy atom. The fourth-order valence-electron chi connectivity index (χ4n) is 8.21. The number of benzene rings is 7. The van der Waals surface area contributed by atoms with Crippen molar-refractivity contribution in [2.75, 3.05) is 0 Å². The summed E-state index contributed by atoms with van der Waals surface area (Å²) in [6, 6.07) is 57.5. The molecule has 0 amide bonds. The van der Waals surface area contributed by atoms with Crippen molar-refractivity contribution in [1.82, 2.24) is 19.5 Å². The van der Waals surface area contributed by atoms with Crippen LogP contribution in [0, 0.1) is 0 Å². The molecule has 10 rings (SSSR count). The van der Waals surface area contributed by atoms with Crippen molar-refractivity contribution in [3.8, 4) is 51.0 Å². The van der Waals surface area contributed by atoms with Gasteiger partial charge in [-0.25, -0.2) is 4.98 Å². The van der Waals surface area contributed by atoms with Crippen molar-refractivity contribution < 1.29 is 4.79 Å². The molecular formula is C49H34N4O. The normalized spacial score (nSPS) is 12.9. The highest BCUT2D eigenvalue weighted by atomic mass is 16.1. The van der Waals surface area contributed by atoms with Gasteiger partial charge in [-0.05, 0) is 57.6 Å². The number of carbonyl (C=O) groups excluding carboxylic acids is 1. The number of aromatic nitrogens is 4. The maximum atomic E-state index is 13.9. The molecule has 0 aliphatic heterocycles. The third-order valence-electron chi connectivity index (χ3n) is 10.8. The second-order valence-corrected chi connectivity index (χ2v) is 14.4. The van der Waals surface area contributed by atoms with E-state index in [1.165, 1.54) is 33.4 Å². The first-order valence-corrected chi connectivity index (χ1v) is 18.2. The summed E-state index contributed by atoms with van der Waals surface area (Å²) in [5.74, 6) is 1.69. The topological polar surface area (TPSA) is 60.7 Å². The molecule has 0 saturated heterocycles. The van der Waals surface area contributed by atoms with Gasteiger partial charge in [-0.2, -0.15) is 9.97 Å². The highest BCUT2D eigenvalue weighted by Gasteiger charge is 2.39. The number of carbonyl (C=O) groups is 1. The van der Waals surface area contributed by atoms with Gasteiger partial charge in [0.25, 0.3) is 0 Å². The predicted octanol–water partition coefficient (Wildman–Crippen LogP) is 11.5. The SMILES string of the molecule is CC1(C)c2cc(-c3ccccc3)ccc2-c2ccc3c4cc(C(=O)c5ccccc5)ccc4n(-c4nc(-c5ccccc5)nc(-c5ccccc5)n4)c3c21. The van der Waals surface area contributed by atoms with Gasteiger partial charge in [-0.3, -0.25) is 9.36 Å². The van der Waals surface area contributed by atoms with Crippen LogP contribution in [0.1, 0.15) is 40.9 Å². The molecule has 0 saturated carbocycles. The van der Waals surface area contributed by atoms with Crippen LogP contribution in [0.2, 0.25) is 0 Å². The minimum atomic E-state index is -0.374. The van der Waals surface area contributed by atoms with Crippen molar-refractivity contribution in [2.24, 2.45) is 0 Å². The Kier molecular flexibility index (Phi) is 7.24. The van der Waals surface area contributed by atoms with Crippen LogP contribution in [0.4, 0.5) is 0 Å². The Hall–Kier alpha value is -6.98. The molecule has 256 valence electrons. The van der Waals surface area contributed by atoms with Crippen molar-refractivity contribution in [3.05, 3.63) is 192 Å². The summed E-state index contributed by atoms with van der Waals surface area (Å²) in [6.07, 6.45) is 0. The predicted molar refractivity (Wildman–Crippen MR) is 218 cm³/mol. The fourth-order valence-corrected chi connectivity index (χ4v) is 8.21. The van der Waals surface area contributed by atoms with Gasteiger partial charge in [0.05, 0.1) is 11.0 Å². The molecule has 0 bridgehead atoms. The third kappa shape index (κ3) is 5.01. The first-order valence-electron chi connectivity index (χ1n) is 18.2. The number of hydrogen-bond donors (Lipinski definition) is 0. The molecule has 2 aromatic heterocycles. The summed E-state index contributed by atoms with van der Waals surface area (Å²) in [7, 11) is 0. The lowest BCUT2D eigenvalue weighted by Crippen LogP contribution is -2.17. The van der Waals surface area contributed by atoms with E-state index in [0.29, 0.717) is 28.7 Å². The second kappa shape index (κ2) is 12.3. The minimum Gasteiger partial charge on any atom is -0.289 e. The molecule has 7 aromatic carbocycles. The minimum absolute atomic E-state index is 0.0152. The number of nitrogens with zero attached hydrogens (tertiary/aromatic N) is 4. The van der Waals surface area contributed by atoms with Crippen molar-refractivity contribution in [2.45, 2.75) is 19.3 Å². The molecule has 0 fully saturated rings. The van der Waals surface area contributed by atoms with Crippen molar-refractivity contribution in [3.63, 3.8) is 0 Å². The van der Waals surface area contributed by atoms with Crippen LogP contribution in [-0.2, 0) is 5.41 Å². The number of fused-ring (bicyclic) bond motifs is 7. The van der Waals surface area contributed by atoms with Gasteiger partial charge in [0.2, 0.25) is 5.95 Å². The van der Waals surface area contributed by atoms with E-state index in [1.807, 2.05) is 103 Å². The summed E-state index contributed by atoms with van der Waals surface area (Å²) < 4.78 is 2.20. The first kappa shape index (κ1) is 31.7. The molecule has 54 heavy (non-hydrogen) atoms. The summed E-state index contributed by atoms with van der Waals surface area (Å²) in [4.78, 5) is 29.3. The molecular weight excluding hydrogens is 661 g/mol. The lowest BCUT2D eigenvalue weighted by Gasteiger charge is -2.24. The Balaban J connectivity index is 1.28. The lowest BCUT2D eigenvalue weighted by atomic mass is 9.80. The Morgan fingerprint density at radius 1 is 0.500 bits per heavy atom. The van der Waals surface area contributed by atoms with Crippen LogP contribution in [0.25, 0.3) is 72.8 Å². The van der Waals surface area contributed by atoms with E-state index in [0.717, 1.165) is 32.9 Å². The van der Waals surface area contributed by atoms with Crippen molar-refractivity contribution >= 4 is 27.6 Å². The standard InChI is InChI=1S/C49H34N4O/c1-49(2)41-30-35(31-15-7-3-8-16-31)23-25-37(41)38-26-27-39-40-29-36(45(54)32-17-9-4-10-18-32)24-28-42(40)53(44(39)43(38)49)48-51-46(33-19-11-5-12-20-33)50-47(52-48)34-21-13-6-14-22-34/h3-30H,1-2H3. The largest absolute Gasteiger partial charge is 0.289 e. The van der Waals surface area contributed by atoms with Gasteiger partial charge in [-0.15, -0.1) is 0 Å². The Labute approximate surface area is 313 Å². The smallest absolute Gasteiger partial charge is 0.238 e. The highest BCUT2D eigenvalue weighted by molar-refractivity contribution is 6.17. The van der Waals surface area contributed by atoms with Gasteiger partial charge >= 0.3 is 0 Å². The zero-order valence-corrected chi connectivity index (χ0v) is 29.9. The van der Waals surface area contributed by atoms with Crippen LogP contribution in [0.3, 0.4) is 0 Å². The molecule has 2 heterocycles. The third-order valence-corrected chi connectivity index (χ3v) is 10.8. The van der Waals surface area contributed by atoms with Crippen LogP contribution in [0.15, 0.2) is 170 Å². The number of ketones is 1. The maximum Gasteiger partial charge on any atom is 0.238 e. The molecule has 0 atom stereocenters. The Bertz CT molecular complexity index is 2840. The van der Waals surface area contributed by atoms with E-state index >= 15 is 0 Å². The van der Waals surface area contributed by atoms with E-state index in [4.69, 9.17) is 15.0 Å². The number of rotatable bonds is 6. The molecule has 9 aromatic rings. The quantitative estimate of drug-likeness (QED) is 0.163. The van der Waals surface area contributed by atoms with E-state index in [9.17, 15) is 4.79 Å². The van der Waals surface area contributed by atoms with Crippen LogP contribution >= 0.6 is 0 Å². The average molecular weight is 695 g/mol. The molecule has 0 unspecified atom stereocenters. The summed E-state index contributed by atoms with van der Waals surface area (Å²) >= 11 is 0. The molecule has 1 aliphatic rings. The molecule has 5 nitrogen and oxygen atoms in total. The first-order chi connectivity index (χ1) is 26.5. The molecule has 1 aliphatic carbocycles. The zero-order chi connectivity index (χ0) is 36.4. The van der Waals surface area contributed by atoms with Crippen LogP contribution in [0.5, 0.6) is 0 Å². The lowest BCUT2D eigenvalue weighted by molar-refractivity contribution is 0.103. The van der Waals surface area contributed by atoms with Gasteiger partial charge in [0.15, 0.2) is 17.4 Å². The highest BCUT2D eigenvalue weighted by Crippen LogP contribution is 2.53. The van der Waals surface area contributed by atoms with Gasteiger partial charge < -0.3 is 0 Å². The maximum absolute atomic E-state index is 13.9. The molecule has 5 heteroatoms. The van der Waals surface area contributed by atoms with Crippen LogP contribution in [-0.4, -0.2) is 25.3 Å². The summed E-state index contributed by atoms with van der Waals surface area (Å²) in [5, 5.41) is 2.01. The van der Waals surface area contributed by atoms with E-state index in [2.05, 4.69) is 85.1 Å². The zero-order valence-electron chi connectivity index (χ0n) is 29.9. The monoisotopic (exact) mass is 694 g/mol. The number of hydrogen-bond acceptors (Lipinski definition) is 4. The van der Waals surface area contributed by atoms with Crippen LogP contribution < -0.4 is 0 Å². The summed E-state index contributed by atoms with van der Waals surface area (Å²) in [5.41, 5.74) is 11.9.